The molecule has 2 rings (SSSR count). The number of rotatable bonds is 3. The van der Waals surface area contributed by atoms with Gasteiger partial charge in [0.05, 0.1) is 11.3 Å². The minimum atomic E-state index is -4.41. The number of aromatic nitrogens is 1. The summed E-state index contributed by atoms with van der Waals surface area (Å²) in [5.41, 5.74) is 6.24. The molecule has 0 spiro atoms. The van der Waals surface area contributed by atoms with Gasteiger partial charge in [-0.25, -0.2) is 0 Å². The third-order valence-electron chi connectivity index (χ3n) is 3.07. The van der Waals surface area contributed by atoms with Crippen LogP contribution in [-0.2, 0) is 6.18 Å². The van der Waals surface area contributed by atoms with E-state index in [2.05, 4.69) is 10.3 Å². The van der Waals surface area contributed by atoms with Crippen molar-refractivity contribution in [3.8, 4) is 6.07 Å². The second kappa shape index (κ2) is 7.10. The van der Waals surface area contributed by atoms with Crippen molar-refractivity contribution in [1.29, 1.82) is 5.26 Å². The Morgan fingerprint density at radius 2 is 1.71 bits per heavy atom. The molecule has 1 heterocycles. The monoisotopic (exact) mass is 348 g/mol. The third kappa shape index (κ3) is 4.08. The van der Waals surface area contributed by atoms with Crippen LogP contribution in [0, 0.1) is 11.3 Å². The molecule has 0 aliphatic carbocycles. The average molecular weight is 348 g/mol. The van der Waals surface area contributed by atoms with Gasteiger partial charge in [-0.05, 0) is 36.4 Å². The van der Waals surface area contributed by atoms with Crippen LogP contribution in [0.4, 0.5) is 18.9 Å². The van der Waals surface area contributed by atoms with E-state index < -0.39 is 11.7 Å². The summed E-state index contributed by atoms with van der Waals surface area (Å²) >= 11 is 5.13. The lowest BCUT2D eigenvalue weighted by molar-refractivity contribution is -0.137. The van der Waals surface area contributed by atoms with Gasteiger partial charge in [-0.3, -0.25) is 4.98 Å². The molecule has 2 aromatic rings. The molecule has 0 amide bonds. The predicted molar refractivity (Wildman–Crippen MR) is 88.6 cm³/mol. The first-order valence-corrected chi connectivity index (χ1v) is 7.02. The number of nitrogens with zero attached hydrogens (tertiary/aromatic N) is 2. The van der Waals surface area contributed by atoms with Crippen LogP contribution >= 0.6 is 12.2 Å². The van der Waals surface area contributed by atoms with Gasteiger partial charge >= 0.3 is 6.18 Å². The first kappa shape index (κ1) is 17.4. The maximum Gasteiger partial charge on any atom is 0.416 e. The van der Waals surface area contributed by atoms with Crippen molar-refractivity contribution in [2.24, 2.45) is 5.73 Å². The van der Waals surface area contributed by atoms with Gasteiger partial charge < -0.3 is 11.1 Å². The second-order valence-electron chi connectivity index (χ2n) is 4.67. The maximum absolute atomic E-state index is 12.5. The number of anilines is 1. The number of alkyl halides is 3. The van der Waals surface area contributed by atoms with Gasteiger partial charge in [-0.15, -0.1) is 0 Å². The Balaban J connectivity index is 2.23. The zero-order valence-electron chi connectivity index (χ0n) is 12.1. The number of hydrogen-bond acceptors (Lipinski definition) is 4. The number of hydrogen-bond donors (Lipinski definition) is 2. The Hall–Kier alpha value is -2.92. The minimum absolute atomic E-state index is 0.0200. The first-order valence-electron chi connectivity index (χ1n) is 6.62. The standard InChI is InChI=1S/C16H11F3N4S/c17-16(18,19)11-1-3-12(4-2-11)23-15(24)13(9-20)14(21)10-5-7-22-8-6-10/h1-8H,21H2,(H,23,24)/b14-13-. The Morgan fingerprint density at radius 1 is 1.12 bits per heavy atom. The molecule has 0 unspecified atom stereocenters. The molecule has 0 aliphatic rings. The van der Waals surface area contributed by atoms with E-state index in [-0.39, 0.29) is 16.3 Å². The smallest absolute Gasteiger partial charge is 0.397 e. The molecule has 1 aromatic heterocycles. The van der Waals surface area contributed by atoms with E-state index in [1.807, 2.05) is 6.07 Å². The van der Waals surface area contributed by atoms with Crippen LogP contribution in [0.15, 0.2) is 54.4 Å². The summed E-state index contributed by atoms with van der Waals surface area (Å²) in [5.74, 6) is 0. The summed E-state index contributed by atoms with van der Waals surface area (Å²) in [5, 5.41) is 12.0. The topological polar surface area (TPSA) is 74.7 Å². The van der Waals surface area contributed by atoms with Crippen molar-refractivity contribution in [1.82, 2.24) is 4.98 Å². The van der Waals surface area contributed by atoms with E-state index in [9.17, 15) is 18.4 Å². The van der Waals surface area contributed by atoms with Crippen LogP contribution in [0.5, 0.6) is 0 Å². The molecule has 0 bridgehead atoms. The Kier molecular flexibility index (Phi) is 5.16. The van der Waals surface area contributed by atoms with Gasteiger partial charge in [-0.2, -0.15) is 18.4 Å². The van der Waals surface area contributed by atoms with Crippen molar-refractivity contribution in [3.05, 3.63) is 65.5 Å². The van der Waals surface area contributed by atoms with Gasteiger partial charge in [0.15, 0.2) is 0 Å². The van der Waals surface area contributed by atoms with E-state index in [1.165, 1.54) is 24.5 Å². The number of nitriles is 1. The molecular formula is C16H11F3N4S. The summed E-state index contributed by atoms with van der Waals surface area (Å²) in [6.07, 6.45) is -1.38. The van der Waals surface area contributed by atoms with E-state index in [1.54, 1.807) is 12.1 Å². The molecule has 1 aromatic carbocycles. The van der Waals surface area contributed by atoms with Crippen molar-refractivity contribution in [3.63, 3.8) is 0 Å². The van der Waals surface area contributed by atoms with Crippen LogP contribution < -0.4 is 11.1 Å². The van der Waals surface area contributed by atoms with Crippen molar-refractivity contribution >= 4 is 28.6 Å². The highest BCUT2D eigenvalue weighted by molar-refractivity contribution is 7.81. The minimum Gasteiger partial charge on any atom is -0.397 e. The molecule has 0 aliphatic heterocycles. The quantitative estimate of drug-likeness (QED) is 0.502. The zero-order chi connectivity index (χ0) is 17.7. The third-order valence-corrected chi connectivity index (χ3v) is 3.38. The van der Waals surface area contributed by atoms with Gasteiger partial charge in [0.1, 0.15) is 16.6 Å². The van der Waals surface area contributed by atoms with E-state index in [0.717, 1.165) is 12.1 Å². The van der Waals surface area contributed by atoms with E-state index in [4.69, 9.17) is 18.0 Å². The van der Waals surface area contributed by atoms with Crippen molar-refractivity contribution < 1.29 is 13.2 Å². The SMILES string of the molecule is N#C/C(C(=S)Nc1ccc(C(F)(F)F)cc1)=C(/N)c1ccncc1. The molecule has 0 atom stereocenters. The molecule has 0 radical (unpaired) electrons. The Labute approximate surface area is 141 Å². The molecule has 0 fully saturated rings. The number of pyridine rings is 1. The van der Waals surface area contributed by atoms with Crippen LogP contribution in [-0.4, -0.2) is 9.97 Å². The number of thiocarbonyl (C=S) groups is 1. The average Bonchev–Trinajstić information content (AvgIpc) is 2.56. The summed E-state index contributed by atoms with van der Waals surface area (Å²) in [7, 11) is 0. The van der Waals surface area contributed by atoms with Crippen molar-refractivity contribution in [2.45, 2.75) is 6.18 Å². The van der Waals surface area contributed by atoms with Crippen LogP contribution in [0.25, 0.3) is 5.70 Å². The largest absolute Gasteiger partial charge is 0.416 e. The van der Waals surface area contributed by atoms with E-state index >= 15 is 0 Å². The fourth-order valence-corrected chi connectivity index (χ4v) is 2.12. The zero-order valence-corrected chi connectivity index (χ0v) is 12.9. The summed E-state index contributed by atoms with van der Waals surface area (Å²) in [4.78, 5) is 3.87. The highest BCUT2D eigenvalue weighted by atomic mass is 32.1. The van der Waals surface area contributed by atoms with Crippen molar-refractivity contribution in [2.75, 3.05) is 5.32 Å². The Bertz CT molecular complexity index is 806. The molecule has 8 heteroatoms. The van der Waals surface area contributed by atoms with E-state index in [0.29, 0.717) is 11.3 Å². The molecular weight excluding hydrogens is 337 g/mol. The fourth-order valence-electron chi connectivity index (χ4n) is 1.85. The highest BCUT2D eigenvalue weighted by Gasteiger charge is 2.30. The normalized spacial score (nSPS) is 12.1. The first-order chi connectivity index (χ1) is 11.3. The molecule has 4 nitrogen and oxygen atoms in total. The number of benzene rings is 1. The predicted octanol–water partition coefficient (Wildman–Crippen LogP) is 3.73. The van der Waals surface area contributed by atoms with Crippen LogP contribution in [0.3, 0.4) is 0 Å². The summed E-state index contributed by atoms with van der Waals surface area (Å²) < 4.78 is 37.6. The number of nitrogens with two attached hydrogens (primary N) is 1. The Morgan fingerprint density at radius 3 is 2.21 bits per heavy atom. The summed E-state index contributed by atoms with van der Waals surface area (Å²) in [6, 6.07) is 9.45. The number of nitrogens with one attached hydrogen (secondary N) is 1. The molecule has 24 heavy (non-hydrogen) atoms. The lowest BCUT2D eigenvalue weighted by Crippen LogP contribution is -2.16. The van der Waals surface area contributed by atoms with Gasteiger partial charge in [0, 0.05) is 23.6 Å². The molecule has 3 N–H and O–H groups in total. The summed E-state index contributed by atoms with van der Waals surface area (Å²) in [6.45, 7) is 0. The molecule has 0 saturated heterocycles. The lowest BCUT2D eigenvalue weighted by Gasteiger charge is -2.11. The molecule has 122 valence electrons. The highest BCUT2D eigenvalue weighted by Crippen LogP contribution is 2.30. The maximum atomic E-state index is 12.5. The van der Waals surface area contributed by atoms with Gasteiger partial charge in [-0.1, -0.05) is 12.2 Å². The van der Waals surface area contributed by atoms with Crippen LogP contribution in [0.1, 0.15) is 11.1 Å². The van der Waals surface area contributed by atoms with Crippen LogP contribution in [0.2, 0.25) is 0 Å². The molecule has 0 saturated carbocycles. The van der Waals surface area contributed by atoms with Gasteiger partial charge in [0.2, 0.25) is 0 Å². The fraction of sp³-hybridized carbons (Fsp3) is 0.0625. The second-order valence-corrected chi connectivity index (χ2v) is 5.07. The van der Waals surface area contributed by atoms with Gasteiger partial charge in [0.25, 0.3) is 0 Å². The lowest BCUT2D eigenvalue weighted by atomic mass is 10.1. The number of halogens is 3.